The van der Waals surface area contributed by atoms with Crippen LogP contribution in [0.2, 0.25) is 0 Å². The van der Waals surface area contributed by atoms with E-state index in [0.29, 0.717) is 5.56 Å². The molecule has 0 spiro atoms. The summed E-state index contributed by atoms with van der Waals surface area (Å²) in [6.07, 6.45) is 0. The summed E-state index contributed by atoms with van der Waals surface area (Å²) < 4.78 is 5.01. The van der Waals surface area contributed by atoms with Crippen LogP contribution in [0.3, 0.4) is 0 Å². The van der Waals surface area contributed by atoms with E-state index in [-0.39, 0.29) is 22.6 Å². The summed E-state index contributed by atoms with van der Waals surface area (Å²) in [4.78, 5) is 23.1. The maximum absolute atomic E-state index is 11.9. The number of hydrogen-bond donors (Lipinski definition) is 3. The van der Waals surface area contributed by atoms with Gasteiger partial charge in [-0.15, -0.1) is 0 Å². The van der Waals surface area contributed by atoms with Crippen molar-refractivity contribution in [2.24, 2.45) is 0 Å². The highest BCUT2D eigenvalue weighted by Crippen LogP contribution is 2.26. The van der Waals surface area contributed by atoms with Crippen molar-refractivity contribution in [3.63, 3.8) is 0 Å². The molecule has 0 radical (unpaired) electrons. The first kappa shape index (κ1) is 14.4. The third-order valence-electron chi connectivity index (χ3n) is 2.77. The number of hydrogen-bond acceptors (Lipinski definition) is 5. The van der Waals surface area contributed by atoms with Crippen LogP contribution in [0.4, 0.5) is 0 Å². The number of rotatable bonds is 3. The molecule has 6 nitrogen and oxygen atoms in total. The Morgan fingerprint density at radius 2 is 1.71 bits per heavy atom. The quantitative estimate of drug-likeness (QED) is 0.591. The molecular weight excluding hydrogens is 276 g/mol. The Bertz CT molecular complexity index is 720. The van der Waals surface area contributed by atoms with Gasteiger partial charge in [-0.25, -0.2) is 9.59 Å². The molecule has 0 aliphatic carbocycles. The average molecular weight is 288 g/mol. The van der Waals surface area contributed by atoms with E-state index in [1.165, 1.54) is 24.3 Å². The number of carboxylic acids is 1. The van der Waals surface area contributed by atoms with Gasteiger partial charge in [0.2, 0.25) is 0 Å². The van der Waals surface area contributed by atoms with Crippen LogP contribution in [-0.4, -0.2) is 27.3 Å². The number of aryl methyl sites for hydroxylation is 1. The summed E-state index contributed by atoms with van der Waals surface area (Å²) in [5, 5.41) is 27.8. The number of phenolic OH excluding ortho intramolecular Hbond substituents is 2. The zero-order chi connectivity index (χ0) is 15.6. The second kappa shape index (κ2) is 5.54. The van der Waals surface area contributed by atoms with Crippen LogP contribution >= 0.6 is 0 Å². The van der Waals surface area contributed by atoms with E-state index in [0.717, 1.165) is 6.07 Å². The van der Waals surface area contributed by atoms with Gasteiger partial charge >= 0.3 is 11.9 Å². The molecule has 6 heteroatoms. The molecule has 0 unspecified atom stereocenters. The molecule has 108 valence electrons. The van der Waals surface area contributed by atoms with Crippen LogP contribution in [-0.2, 0) is 0 Å². The summed E-state index contributed by atoms with van der Waals surface area (Å²) in [5.41, 5.74) is 0.381. The smallest absolute Gasteiger partial charge is 0.347 e. The molecule has 0 atom stereocenters. The maximum Gasteiger partial charge on any atom is 0.347 e. The van der Waals surface area contributed by atoms with E-state index in [1.54, 1.807) is 13.0 Å². The topological polar surface area (TPSA) is 104 Å². The fraction of sp³-hybridized carbons (Fsp3) is 0.0667. The Morgan fingerprint density at radius 1 is 1.00 bits per heavy atom. The molecule has 0 heterocycles. The number of aromatic hydroxyl groups is 2. The lowest BCUT2D eigenvalue weighted by Gasteiger charge is -2.09. The lowest BCUT2D eigenvalue weighted by atomic mass is 10.1. The van der Waals surface area contributed by atoms with Gasteiger partial charge < -0.3 is 20.1 Å². The summed E-state index contributed by atoms with van der Waals surface area (Å²) in [7, 11) is 0. The highest BCUT2D eigenvalue weighted by molar-refractivity contribution is 5.97. The first-order chi connectivity index (χ1) is 9.88. The van der Waals surface area contributed by atoms with E-state index < -0.39 is 17.7 Å². The number of carbonyl (C=O) groups excluding carboxylic acids is 1. The molecule has 0 amide bonds. The second-order valence-corrected chi connectivity index (χ2v) is 4.40. The van der Waals surface area contributed by atoms with E-state index in [4.69, 9.17) is 14.9 Å². The van der Waals surface area contributed by atoms with Gasteiger partial charge in [0.15, 0.2) is 0 Å². The molecule has 21 heavy (non-hydrogen) atoms. The standard InChI is InChI=1S/C15H12O6/c1-8-2-5-13(11(6-8)14(18)19)21-15(20)10-4-3-9(16)7-12(10)17/h2-7,16-17H,1H3,(H,18,19). The molecule has 0 bridgehead atoms. The van der Waals surface area contributed by atoms with Gasteiger partial charge in [0, 0.05) is 6.07 Å². The van der Waals surface area contributed by atoms with Crippen LogP contribution in [0.15, 0.2) is 36.4 Å². The molecule has 2 rings (SSSR count). The summed E-state index contributed by atoms with van der Waals surface area (Å²) in [6.45, 7) is 1.71. The van der Waals surface area contributed by atoms with Crippen molar-refractivity contribution >= 4 is 11.9 Å². The predicted molar refractivity (Wildman–Crippen MR) is 72.9 cm³/mol. The molecule has 0 aliphatic rings. The predicted octanol–water partition coefficient (Wildman–Crippen LogP) is 2.32. The molecule has 3 N–H and O–H groups in total. The minimum absolute atomic E-state index is 0.120. The molecule has 2 aromatic rings. The number of phenols is 2. The molecule has 0 aromatic heterocycles. The first-order valence-electron chi connectivity index (χ1n) is 5.96. The van der Waals surface area contributed by atoms with Gasteiger partial charge in [-0.3, -0.25) is 0 Å². The Hall–Kier alpha value is -3.02. The minimum Gasteiger partial charge on any atom is -0.508 e. The van der Waals surface area contributed by atoms with Crippen LogP contribution in [0.1, 0.15) is 26.3 Å². The highest BCUT2D eigenvalue weighted by Gasteiger charge is 2.18. The van der Waals surface area contributed by atoms with Crippen molar-refractivity contribution in [2.45, 2.75) is 6.92 Å². The second-order valence-electron chi connectivity index (χ2n) is 4.40. The zero-order valence-corrected chi connectivity index (χ0v) is 11.0. The van der Waals surface area contributed by atoms with Crippen molar-refractivity contribution in [3.8, 4) is 17.2 Å². The van der Waals surface area contributed by atoms with Crippen molar-refractivity contribution < 1.29 is 29.6 Å². The van der Waals surface area contributed by atoms with Gasteiger partial charge in [0.25, 0.3) is 0 Å². The summed E-state index contributed by atoms with van der Waals surface area (Å²) >= 11 is 0. The lowest BCUT2D eigenvalue weighted by molar-refractivity contribution is 0.0681. The molecule has 0 fully saturated rings. The average Bonchev–Trinajstić information content (AvgIpc) is 2.40. The van der Waals surface area contributed by atoms with Crippen molar-refractivity contribution in [2.75, 3.05) is 0 Å². The van der Waals surface area contributed by atoms with Crippen molar-refractivity contribution in [1.29, 1.82) is 0 Å². The first-order valence-corrected chi connectivity index (χ1v) is 5.96. The molecule has 0 saturated heterocycles. The maximum atomic E-state index is 11.9. The van der Waals surface area contributed by atoms with Gasteiger partial charge in [0.1, 0.15) is 28.4 Å². The number of carboxylic acid groups (broad SMARTS) is 1. The minimum atomic E-state index is -1.23. The van der Waals surface area contributed by atoms with Crippen molar-refractivity contribution in [1.82, 2.24) is 0 Å². The van der Waals surface area contributed by atoms with Gasteiger partial charge in [-0.1, -0.05) is 11.6 Å². The Labute approximate surface area is 119 Å². The third kappa shape index (κ3) is 3.11. The van der Waals surface area contributed by atoms with E-state index >= 15 is 0 Å². The fourth-order valence-electron chi connectivity index (χ4n) is 1.75. The Balaban J connectivity index is 2.34. The Morgan fingerprint density at radius 3 is 2.33 bits per heavy atom. The monoisotopic (exact) mass is 288 g/mol. The number of aromatic carboxylic acids is 1. The Kier molecular flexibility index (Phi) is 3.80. The third-order valence-corrected chi connectivity index (χ3v) is 2.77. The molecule has 0 aliphatic heterocycles. The largest absolute Gasteiger partial charge is 0.508 e. The number of benzene rings is 2. The summed E-state index contributed by atoms with van der Waals surface area (Å²) in [6, 6.07) is 7.73. The molecular formula is C15H12O6. The summed E-state index contributed by atoms with van der Waals surface area (Å²) in [5.74, 6) is -2.92. The van der Waals surface area contributed by atoms with Gasteiger partial charge in [-0.2, -0.15) is 0 Å². The van der Waals surface area contributed by atoms with Crippen LogP contribution < -0.4 is 4.74 Å². The van der Waals surface area contributed by atoms with Crippen LogP contribution in [0, 0.1) is 6.92 Å². The van der Waals surface area contributed by atoms with E-state index in [2.05, 4.69) is 0 Å². The van der Waals surface area contributed by atoms with Crippen LogP contribution in [0.25, 0.3) is 0 Å². The van der Waals surface area contributed by atoms with E-state index in [1.807, 2.05) is 0 Å². The van der Waals surface area contributed by atoms with Crippen molar-refractivity contribution in [3.05, 3.63) is 53.1 Å². The normalized spacial score (nSPS) is 10.1. The number of carbonyl (C=O) groups is 2. The van der Waals surface area contributed by atoms with Gasteiger partial charge in [0.05, 0.1) is 0 Å². The SMILES string of the molecule is Cc1ccc(OC(=O)c2ccc(O)cc2O)c(C(=O)O)c1. The number of ether oxygens (including phenoxy) is 1. The fourth-order valence-corrected chi connectivity index (χ4v) is 1.75. The lowest BCUT2D eigenvalue weighted by Crippen LogP contribution is -2.11. The van der Waals surface area contributed by atoms with Crippen LogP contribution in [0.5, 0.6) is 17.2 Å². The number of esters is 1. The van der Waals surface area contributed by atoms with E-state index in [9.17, 15) is 14.7 Å². The molecule has 0 saturated carbocycles. The van der Waals surface area contributed by atoms with Gasteiger partial charge in [-0.05, 0) is 31.2 Å². The highest BCUT2D eigenvalue weighted by atomic mass is 16.5. The zero-order valence-electron chi connectivity index (χ0n) is 11.0. The molecule has 2 aromatic carbocycles.